The molecule has 0 spiro atoms. The second kappa shape index (κ2) is 11.3. The Morgan fingerprint density at radius 2 is 1.84 bits per heavy atom. The molecule has 1 N–H and O–H groups in total. The zero-order chi connectivity index (χ0) is 27.6. The lowest BCUT2D eigenvalue weighted by Crippen LogP contribution is -2.31. The number of aryl methyl sites for hydroxylation is 3. The number of aliphatic hydroxyl groups excluding tert-OH is 1. The predicted octanol–water partition coefficient (Wildman–Crippen LogP) is 5.44. The number of Topliss-reactive ketones (excluding diaryl/α,β-unsaturated/α-hetero) is 1. The summed E-state index contributed by atoms with van der Waals surface area (Å²) in [6.45, 7) is 11.1. The highest BCUT2D eigenvalue weighted by Gasteiger charge is 2.47. The van der Waals surface area contributed by atoms with Crippen LogP contribution in [0.3, 0.4) is 0 Å². The molecule has 0 bridgehead atoms. The maximum atomic E-state index is 13.9. The van der Waals surface area contributed by atoms with Crippen molar-refractivity contribution in [2.75, 3.05) is 18.1 Å². The van der Waals surface area contributed by atoms with Gasteiger partial charge in [-0.25, -0.2) is 14.8 Å². The van der Waals surface area contributed by atoms with Gasteiger partial charge in [-0.05, 0) is 33.3 Å². The van der Waals surface area contributed by atoms with Crippen LogP contribution in [0.1, 0.15) is 60.7 Å². The van der Waals surface area contributed by atoms with Gasteiger partial charge in [0.25, 0.3) is 5.91 Å². The summed E-state index contributed by atoms with van der Waals surface area (Å²) in [5.41, 5.74) is 1.27. The number of thiazole rings is 2. The van der Waals surface area contributed by atoms with Crippen molar-refractivity contribution in [1.82, 2.24) is 9.97 Å². The summed E-state index contributed by atoms with van der Waals surface area (Å²) in [7, 11) is 0. The Balaban J connectivity index is 1.88. The summed E-state index contributed by atoms with van der Waals surface area (Å²) >= 11 is 2.14. The number of anilines is 1. The molecule has 3 heterocycles. The second-order valence-corrected chi connectivity index (χ2v) is 10.7. The van der Waals surface area contributed by atoms with Crippen molar-refractivity contribution in [2.24, 2.45) is 0 Å². The maximum absolute atomic E-state index is 13.9. The highest BCUT2D eigenvalue weighted by molar-refractivity contribution is 7.17. The Labute approximate surface area is 228 Å². The molecule has 0 saturated heterocycles. The van der Waals surface area contributed by atoms with Gasteiger partial charge in [0.2, 0.25) is 5.78 Å². The molecular formula is C27H27N3O6S2. The number of hydrogen-bond donors (Lipinski definition) is 1. The van der Waals surface area contributed by atoms with Crippen molar-refractivity contribution < 1.29 is 29.0 Å². The number of rotatable bonds is 10. The highest BCUT2D eigenvalue weighted by atomic mass is 32.1. The molecule has 1 aromatic carbocycles. The van der Waals surface area contributed by atoms with Crippen LogP contribution in [0, 0.1) is 20.8 Å². The lowest BCUT2D eigenvalue weighted by atomic mass is 9.94. The van der Waals surface area contributed by atoms with Crippen LogP contribution in [-0.4, -0.2) is 45.9 Å². The Morgan fingerprint density at radius 1 is 1.13 bits per heavy atom. The first-order valence-corrected chi connectivity index (χ1v) is 13.5. The molecule has 38 heavy (non-hydrogen) atoms. The van der Waals surface area contributed by atoms with Gasteiger partial charge < -0.3 is 14.6 Å². The number of hydrogen-bond acceptors (Lipinski definition) is 10. The van der Waals surface area contributed by atoms with E-state index < -0.39 is 29.5 Å². The number of amides is 1. The van der Waals surface area contributed by atoms with Crippen LogP contribution in [0.4, 0.5) is 5.13 Å². The summed E-state index contributed by atoms with van der Waals surface area (Å²) < 4.78 is 11.1. The third-order valence-corrected chi connectivity index (χ3v) is 7.96. The molecule has 0 fully saturated rings. The zero-order valence-corrected chi connectivity index (χ0v) is 23.1. The van der Waals surface area contributed by atoms with Gasteiger partial charge in [-0.3, -0.25) is 14.5 Å². The molecule has 9 nitrogen and oxygen atoms in total. The van der Waals surface area contributed by atoms with E-state index in [0.717, 1.165) is 17.8 Å². The van der Waals surface area contributed by atoms with Crippen LogP contribution in [-0.2, 0) is 9.53 Å². The first kappa shape index (κ1) is 27.2. The van der Waals surface area contributed by atoms with Crippen molar-refractivity contribution in [2.45, 2.75) is 40.2 Å². The average molecular weight is 554 g/mol. The number of ether oxygens (including phenoxy) is 2. The van der Waals surface area contributed by atoms with Gasteiger partial charge in [-0.15, -0.1) is 11.3 Å². The molecular weight excluding hydrogens is 526 g/mol. The molecule has 1 aliphatic rings. The molecule has 1 unspecified atom stereocenters. The number of para-hydroxylation sites is 1. The maximum Gasteiger partial charge on any atom is 0.350 e. The van der Waals surface area contributed by atoms with E-state index >= 15 is 0 Å². The summed E-state index contributed by atoms with van der Waals surface area (Å²) in [5.74, 6) is -2.13. The predicted molar refractivity (Wildman–Crippen MR) is 145 cm³/mol. The molecule has 3 aromatic rings. The van der Waals surface area contributed by atoms with Crippen LogP contribution >= 0.6 is 22.7 Å². The standard InChI is InChI=1S/C27H27N3O6S2/c1-6-12-35-18-11-9-8-10-17(18)20-19(21(31)23-14(3)28-16(5)37-23)22(32)25(33)30(20)27-29-15(4)24(38-27)26(34)36-13-7-2/h7-11,20,32H,2,6,12-13H2,1,3-5H3. The fourth-order valence-electron chi connectivity index (χ4n) is 4.12. The smallest absolute Gasteiger partial charge is 0.350 e. The van der Waals surface area contributed by atoms with E-state index in [1.165, 1.54) is 22.3 Å². The van der Waals surface area contributed by atoms with Crippen LogP contribution < -0.4 is 9.64 Å². The molecule has 0 aliphatic carbocycles. The monoisotopic (exact) mass is 553 g/mol. The molecule has 4 rings (SSSR count). The molecule has 1 aliphatic heterocycles. The van der Waals surface area contributed by atoms with E-state index in [2.05, 4.69) is 16.5 Å². The van der Waals surface area contributed by atoms with E-state index in [1.54, 1.807) is 45.0 Å². The van der Waals surface area contributed by atoms with Gasteiger partial charge >= 0.3 is 5.97 Å². The fourth-order valence-corrected chi connectivity index (χ4v) is 5.98. The molecule has 198 valence electrons. The summed E-state index contributed by atoms with van der Waals surface area (Å²) in [6, 6.07) is 6.00. The van der Waals surface area contributed by atoms with E-state index in [-0.39, 0.29) is 22.2 Å². The summed E-state index contributed by atoms with van der Waals surface area (Å²) in [6.07, 6.45) is 2.20. The average Bonchev–Trinajstić information content (AvgIpc) is 3.53. The van der Waals surface area contributed by atoms with Crippen molar-refractivity contribution in [3.05, 3.63) is 80.0 Å². The van der Waals surface area contributed by atoms with E-state index in [4.69, 9.17) is 9.47 Å². The first-order valence-electron chi connectivity index (χ1n) is 11.9. The van der Waals surface area contributed by atoms with Gasteiger partial charge in [0.05, 0.1) is 33.5 Å². The van der Waals surface area contributed by atoms with Crippen molar-refractivity contribution in [3.8, 4) is 5.75 Å². The minimum atomic E-state index is -1.05. The van der Waals surface area contributed by atoms with Crippen molar-refractivity contribution in [3.63, 3.8) is 0 Å². The molecule has 1 atom stereocenters. The minimum absolute atomic E-state index is 0.0214. The Bertz CT molecular complexity index is 1450. The van der Waals surface area contributed by atoms with Crippen molar-refractivity contribution in [1.29, 1.82) is 0 Å². The number of nitrogens with zero attached hydrogens (tertiary/aromatic N) is 3. The Kier molecular flexibility index (Phi) is 8.08. The number of aromatic nitrogens is 2. The van der Waals surface area contributed by atoms with Gasteiger partial charge in [-0.1, -0.05) is 49.1 Å². The van der Waals surface area contributed by atoms with Crippen LogP contribution in [0.15, 0.2) is 48.3 Å². The molecule has 1 amide bonds. The first-order chi connectivity index (χ1) is 18.2. The lowest BCUT2D eigenvalue weighted by molar-refractivity contribution is -0.117. The van der Waals surface area contributed by atoms with Crippen LogP contribution in [0.5, 0.6) is 5.75 Å². The lowest BCUT2D eigenvalue weighted by Gasteiger charge is -2.26. The SMILES string of the molecule is C=CCOC(=O)c1sc(N2C(=O)C(O)=C(C(=O)c3sc(C)nc3C)C2c2ccccc2OCCC)nc1C. The van der Waals surface area contributed by atoms with E-state index in [9.17, 15) is 19.5 Å². The normalized spacial score (nSPS) is 15.2. The summed E-state index contributed by atoms with van der Waals surface area (Å²) in [4.78, 5) is 50.6. The number of carbonyl (C=O) groups excluding carboxylic acids is 3. The fraction of sp³-hybridized carbons (Fsp3) is 0.296. The van der Waals surface area contributed by atoms with E-state index in [1.807, 2.05) is 6.92 Å². The molecule has 0 saturated carbocycles. The number of benzene rings is 1. The number of carbonyl (C=O) groups is 3. The van der Waals surface area contributed by atoms with Crippen molar-refractivity contribution >= 4 is 45.5 Å². The van der Waals surface area contributed by atoms with E-state index in [0.29, 0.717) is 39.2 Å². The van der Waals surface area contributed by atoms with Gasteiger partial charge in [0.15, 0.2) is 10.9 Å². The summed E-state index contributed by atoms with van der Waals surface area (Å²) in [5, 5.41) is 11.9. The third kappa shape index (κ3) is 4.99. The topological polar surface area (TPSA) is 119 Å². The number of esters is 1. The zero-order valence-electron chi connectivity index (χ0n) is 21.4. The Hall–Kier alpha value is -3.83. The largest absolute Gasteiger partial charge is 0.503 e. The van der Waals surface area contributed by atoms with Crippen LogP contribution in [0.25, 0.3) is 0 Å². The quantitative estimate of drug-likeness (QED) is 0.200. The molecule has 0 radical (unpaired) electrons. The third-order valence-electron chi connectivity index (χ3n) is 5.75. The van der Waals surface area contributed by atoms with Gasteiger partial charge in [0.1, 0.15) is 23.3 Å². The molecule has 11 heteroatoms. The Morgan fingerprint density at radius 3 is 2.50 bits per heavy atom. The second-order valence-electron chi connectivity index (χ2n) is 8.50. The highest BCUT2D eigenvalue weighted by Crippen LogP contribution is 2.46. The van der Waals surface area contributed by atoms with Crippen LogP contribution in [0.2, 0.25) is 0 Å². The minimum Gasteiger partial charge on any atom is -0.503 e. The van der Waals surface area contributed by atoms with Gasteiger partial charge in [0, 0.05) is 5.56 Å². The molecule has 2 aromatic heterocycles. The number of aliphatic hydroxyl groups is 1. The van der Waals surface area contributed by atoms with Gasteiger partial charge in [-0.2, -0.15) is 0 Å². The number of ketones is 1.